The van der Waals surface area contributed by atoms with Crippen LogP contribution < -0.4 is 0 Å². The summed E-state index contributed by atoms with van der Waals surface area (Å²) >= 11 is 0. The molecule has 0 unspecified atom stereocenters. The molecular weight excluding hydrogens is 184 g/mol. The van der Waals surface area contributed by atoms with Crippen molar-refractivity contribution in [3.8, 4) is 0 Å². The molecule has 0 heterocycles. The first-order valence-corrected chi connectivity index (χ1v) is 5.85. The predicted octanol–water partition coefficient (Wildman–Crippen LogP) is 3.42. The summed E-state index contributed by atoms with van der Waals surface area (Å²) in [5.41, 5.74) is 1.38. The second kappa shape index (κ2) is 5.92. The second-order valence-electron chi connectivity index (χ2n) is 4.73. The molecule has 1 rings (SSSR count). The lowest BCUT2D eigenvalue weighted by molar-refractivity contribution is 0.130. The van der Waals surface area contributed by atoms with Gasteiger partial charge in [0.1, 0.15) is 0 Å². The molecule has 1 heteroatoms. The molecular formula is C14H22O. The Kier molecular flexibility index (Phi) is 4.83. The van der Waals surface area contributed by atoms with E-state index >= 15 is 0 Å². The summed E-state index contributed by atoms with van der Waals surface area (Å²) in [7, 11) is 0. The fourth-order valence-corrected chi connectivity index (χ4v) is 1.92. The summed E-state index contributed by atoms with van der Waals surface area (Å²) in [4.78, 5) is 0. The van der Waals surface area contributed by atoms with Gasteiger partial charge in [-0.2, -0.15) is 0 Å². The number of rotatable bonds is 6. The highest BCUT2D eigenvalue weighted by molar-refractivity contribution is 5.16. The number of aliphatic hydroxyl groups excluding tert-OH is 1. The van der Waals surface area contributed by atoms with Crippen LogP contribution in [0.3, 0.4) is 0 Å². The first-order chi connectivity index (χ1) is 7.20. The van der Waals surface area contributed by atoms with Gasteiger partial charge in [-0.05, 0) is 23.8 Å². The number of hydrogen-bond acceptors (Lipinski definition) is 1. The van der Waals surface area contributed by atoms with Crippen molar-refractivity contribution >= 4 is 0 Å². The van der Waals surface area contributed by atoms with E-state index in [9.17, 15) is 5.11 Å². The van der Waals surface area contributed by atoms with E-state index in [1.807, 2.05) is 6.07 Å². The fourth-order valence-electron chi connectivity index (χ4n) is 1.92. The van der Waals surface area contributed by atoms with Crippen molar-refractivity contribution in [1.29, 1.82) is 0 Å². The third kappa shape index (κ3) is 4.05. The first kappa shape index (κ1) is 12.3. The van der Waals surface area contributed by atoms with Crippen LogP contribution in [-0.4, -0.2) is 11.7 Å². The highest BCUT2D eigenvalue weighted by Gasteiger charge is 2.22. The zero-order valence-electron chi connectivity index (χ0n) is 9.87. The Bertz CT molecular complexity index is 268. The Labute approximate surface area is 93.1 Å². The van der Waals surface area contributed by atoms with Crippen molar-refractivity contribution < 1.29 is 5.11 Å². The molecule has 0 aliphatic rings. The highest BCUT2D eigenvalue weighted by atomic mass is 16.3. The van der Waals surface area contributed by atoms with Crippen LogP contribution in [0.25, 0.3) is 0 Å². The lowest BCUT2D eigenvalue weighted by atomic mass is 9.80. The molecule has 0 fully saturated rings. The largest absolute Gasteiger partial charge is 0.396 e. The normalized spacial score (nSPS) is 14.9. The minimum absolute atomic E-state index is 0.0529. The minimum atomic E-state index is 0.0529. The maximum Gasteiger partial charge on any atom is 0.0487 e. The van der Waals surface area contributed by atoms with Crippen molar-refractivity contribution in [3.05, 3.63) is 35.9 Å². The monoisotopic (exact) mass is 206 g/mol. The smallest absolute Gasteiger partial charge is 0.0487 e. The molecule has 1 nitrogen and oxygen atoms in total. The Morgan fingerprint density at radius 3 is 2.40 bits per heavy atom. The number of hydrogen-bond donors (Lipinski definition) is 1. The van der Waals surface area contributed by atoms with E-state index in [-0.39, 0.29) is 12.0 Å². The summed E-state index contributed by atoms with van der Waals surface area (Å²) < 4.78 is 0. The summed E-state index contributed by atoms with van der Waals surface area (Å²) in [6.45, 7) is 4.65. The van der Waals surface area contributed by atoms with Crippen LogP contribution in [0, 0.1) is 5.41 Å². The van der Waals surface area contributed by atoms with Gasteiger partial charge < -0.3 is 5.11 Å². The molecule has 0 bridgehead atoms. The maximum atomic E-state index is 9.47. The lowest BCUT2D eigenvalue weighted by Gasteiger charge is -2.27. The Balaban J connectivity index is 2.59. The molecule has 15 heavy (non-hydrogen) atoms. The van der Waals surface area contributed by atoms with E-state index in [0.29, 0.717) is 0 Å². The number of unbranched alkanes of at least 4 members (excludes halogenated alkanes) is 1. The molecule has 0 radical (unpaired) electrons. The van der Waals surface area contributed by atoms with Gasteiger partial charge in [0.05, 0.1) is 0 Å². The van der Waals surface area contributed by atoms with Crippen LogP contribution in [0.1, 0.15) is 38.7 Å². The Morgan fingerprint density at radius 1 is 1.20 bits per heavy atom. The second-order valence-corrected chi connectivity index (χ2v) is 4.73. The van der Waals surface area contributed by atoms with Crippen molar-refractivity contribution in [2.45, 2.75) is 39.5 Å². The summed E-state index contributed by atoms with van der Waals surface area (Å²) in [5, 5.41) is 9.47. The van der Waals surface area contributed by atoms with Crippen LogP contribution >= 0.6 is 0 Å². The van der Waals surface area contributed by atoms with Crippen molar-refractivity contribution in [3.63, 3.8) is 0 Å². The summed E-state index contributed by atoms with van der Waals surface area (Å²) in [5.74, 6) is 0. The third-order valence-corrected chi connectivity index (χ3v) is 2.99. The van der Waals surface area contributed by atoms with E-state index < -0.39 is 0 Å². The van der Waals surface area contributed by atoms with E-state index in [2.05, 4.69) is 38.1 Å². The van der Waals surface area contributed by atoms with Crippen molar-refractivity contribution in [2.24, 2.45) is 5.41 Å². The topological polar surface area (TPSA) is 20.2 Å². The van der Waals surface area contributed by atoms with E-state index in [4.69, 9.17) is 0 Å². The predicted molar refractivity (Wildman–Crippen MR) is 64.9 cm³/mol. The third-order valence-electron chi connectivity index (χ3n) is 2.99. The molecule has 0 saturated heterocycles. The van der Waals surface area contributed by atoms with Crippen molar-refractivity contribution in [1.82, 2.24) is 0 Å². The van der Waals surface area contributed by atoms with Crippen LogP contribution in [0.2, 0.25) is 0 Å². The zero-order chi connectivity index (χ0) is 11.1. The standard InChI is InChI=1S/C14H22O/c1-3-4-10-14(2,12-15)11-13-8-6-5-7-9-13/h5-9,15H,3-4,10-12H2,1-2H3/t14-/m1/s1. The minimum Gasteiger partial charge on any atom is -0.396 e. The van der Waals surface area contributed by atoms with Crippen molar-refractivity contribution in [2.75, 3.05) is 6.61 Å². The van der Waals surface area contributed by atoms with E-state index in [0.717, 1.165) is 12.8 Å². The molecule has 1 atom stereocenters. The molecule has 84 valence electrons. The fraction of sp³-hybridized carbons (Fsp3) is 0.571. The average molecular weight is 206 g/mol. The van der Waals surface area contributed by atoms with Gasteiger partial charge in [0.25, 0.3) is 0 Å². The molecule has 0 saturated carbocycles. The van der Waals surface area contributed by atoms with Gasteiger partial charge in [-0.25, -0.2) is 0 Å². The molecule has 1 aromatic rings. The van der Waals surface area contributed by atoms with Gasteiger partial charge in [-0.3, -0.25) is 0 Å². The van der Waals surface area contributed by atoms with Crippen LogP contribution in [0.4, 0.5) is 0 Å². The lowest BCUT2D eigenvalue weighted by Crippen LogP contribution is -2.24. The van der Waals surface area contributed by atoms with E-state index in [1.165, 1.54) is 18.4 Å². The molecule has 0 aromatic heterocycles. The molecule has 1 aromatic carbocycles. The van der Waals surface area contributed by atoms with Crippen LogP contribution in [0.5, 0.6) is 0 Å². The van der Waals surface area contributed by atoms with Gasteiger partial charge in [0.2, 0.25) is 0 Å². The quantitative estimate of drug-likeness (QED) is 0.756. The van der Waals surface area contributed by atoms with Gasteiger partial charge in [-0.1, -0.05) is 57.0 Å². The number of aliphatic hydroxyl groups is 1. The maximum absolute atomic E-state index is 9.47. The van der Waals surface area contributed by atoms with Gasteiger partial charge >= 0.3 is 0 Å². The van der Waals surface area contributed by atoms with E-state index in [1.54, 1.807) is 0 Å². The zero-order valence-corrected chi connectivity index (χ0v) is 9.87. The first-order valence-electron chi connectivity index (χ1n) is 5.85. The Morgan fingerprint density at radius 2 is 1.87 bits per heavy atom. The van der Waals surface area contributed by atoms with Crippen LogP contribution in [0.15, 0.2) is 30.3 Å². The summed E-state index contributed by atoms with van der Waals surface area (Å²) in [6.07, 6.45) is 4.48. The van der Waals surface area contributed by atoms with Gasteiger partial charge in [0.15, 0.2) is 0 Å². The molecule has 0 aliphatic heterocycles. The van der Waals surface area contributed by atoms with Gasteiger partial charge in [-0.15, -0.1) is 0 Å². The molecule has 0 spiro atoms. The molecule has 0 amide bonds. The van der Waals surface area contributed by atoms with Gasteiger partial charge in [0, 0.05) is 6.61 Å². The highest BCUT2D eigenvalue weighted by Crippen LogP contribution is 2.28. The summed E-state index contributed by atoms with van der Waals surface area (Å²) in [6, 6.07) is 10.4. The number of benzene rings is 1. The average Bonchev–Trinajstić information content (AvgIpc) is 2.28. The molecule has 1 N–H and O–H groups in total. The SMILES string of the molecule is CCCC[C@@](C)(CO)Cc1ccccc1. The Hall–Kier alpha value is -0.820. The molecule has 0 aliphatic carbocycles. The van der Waals surface area contributed by atoms with Crippen LogP contribution in [-0.2, 0) is 6.42 Å².